The van der Waals surface area contributed by atoms with E-state index in [0.29, 0.717) is 17.9 Å². The molecule has 2 aliphatic rings. The maximum Gasteiger partial charge on any atom is 0.303 e. The van der Waals surface area contributed by atoms with E-state index in [0.717, 1.165) is 12.3 Å². The number of allylic oxidation sites excluding steroid dienone is 1. The fraction of sp³-hybridized carbons (Fsp3) is 0.550. The number of hydrogen-bond acceptors (Lipinski definition) is 2. The molecule has 1 saturated carbocycles. The average Bonchev–Trinajstić information content (AvgIpc) is 3.22. The molecule has 0 radical (unpaired) electrons. The molecule has 4 heteroatoms. The number of carbonyl (C=O) groups is 1. The number of aryl methyl sites for hydroxylation is 1. The molecule has 0 spiro atoms. The van der Waals surface area contributed by atoms with E-state index in [-0.39, 0.29) is 18.7 Å². The van der Waals surface area contributed by atoms with Crippen LogP contribution in [0.15, 0.2) is 29.3 Å². The first-order chi connectivity index (χ1) is 11.6. The van der Waals surface area contributed by atoms with Crippen molar-refractivity contribution < 1.29 is 19.0 Å². The Morgan fingerprint density at radius 2 is 2.00 bits per heavy atom. The second-order valence-corrected chi connectivity index (χ2v) is 6.90. The van der Waals surface area contributed by atoms with Gasteiger partial charge < -0.3 is 9.84 Å². The number of hydrogen-bond donors (Lipinski definition) is 1. The molecule has 2 aliphatic carbocycles. The minimum Gasteiger partial charge on any atom is -0.489 e. The largest absolute Gasteiger partial charge is 0.489 e. The molecular weight excluding hydrogens is 307 g/mol. The number of aliphatic carboxylic acids is 1. The van der Waals surface area contributed by atoms with Gasteiger partial charge in [0, 0.05) is 12.5 Å². The highest BCUT2D eigenvalue weighted by molar-refractivity contribution is 5.67. The van der Waals surface area contributed by atoms with Gasteiger partial charge in [0.1, 0.15) is 18.2 Å². The molecule has 0 saturated heterocycles. The number of halogens is 1. The third kappa shape index (κ3) is 4.16. The molecule has 0 heterocycles. The third-order valence-electron chi connectivity index (χ3n) is 5.27. The average molecular weight is 332 g/mol. The first-order valence-electron chi connectivity index (χ1n) is 8.97. The molecule has 1 fully saturated rings. The molecular formula is C20H25FO3. The van der Waals surface area contributed by atoms with Crippen LogP contribution >= 0.6 is 0 Å². The van der Waals surface area contributed by atoms with Gasteiger partial charge in [-0.3, -0.25) is 4.79 Å². The number of carboxylic acids is 1. The smallest absolute Gasteiger partial charge is 0.303 e. The van der Waals surface area contributed by atoms with Crippen molar-refractivity contribution in [2.24, 2.45) is 5.92 Å². The molecule has 0 unspecified atom stereocenters. The van der Waals surface area contributed by atoms with Crippen molar-refractivity contribution >= 4 is 5.97 Å². The summed E-state index contributed by atoms with van der Waals surface area (Å²) in [5, 5.41) is 8.69. The minimum atomic E-state index is -0.915. The lowest BCUT2D eigenvalue weighted by Crippen LogP contribution is -2.06. The van der Waals surface area contributed by atoms with E-state index in [1.807, 2.05) is 0 Å². The highest BCUT2D eigenvalue weighted by atomic mass is 19.1. The van der Waals surface area contributed by atoms with Crippen LogP contribution in [0.3, 0.4) is 0 Å². The lowest BCUT2D eigenvalue weighted by Gasteiger charge is -2.15. The highest BCUT2D eigenvalue weighted by Gasteiger charge is 2.25. The van der Waals surface area contributed by atoms with Crippen molar-refractivity contribution in [3.05, 3.63) is 40.7 Å². The Balaban J connectivity index is 1.60. The minimum absolute atomic E-state index is 0.0608. The summed E-state index contributed by atoms with van der Waals surface area (Å²) < 4.78 is 19.9. The van der Waals surface area contributed by atoms with E-state index in [1.165, 1.54) is 50.2 Å². The maximum absolute atomic E-state index is 14.0. The lowest BCUT2D eigenvalue weighted by molar-refractivity contribution is -0.136. The summed E-state index contributed by atoms with van der Waals surface area (Å²) in [4.78, 5) is 10.6. The summed E-state index contributed by atoms with van der Waals surface area (Å²) in [5.74, 6) is -0.0227. The van der Waals surface area contributed by atoms with E-state index in [1.54, 1.807) is 17.7 Å². The summed E-state index contributed by atoms with van der Waals surface area (Å²) in [6.45, 7) is 0.555. The zero-order chi connectivity index (χ0) is 16.9. The topological polar surface area (TPSA) is 46.5 Å². The number of ether oxygens (including phenoxy) is 1. The van der Waals surface area contributed by atoms with E-state index in [9.17, 15) is 9.18 Å². The number of rotatable bonds is 7. The Labute approximate surface area is 142 Å². The van der Waals surface area contributed by atoms with E-state index in [2.05, 4.69) is 0 Å². The molecule has 3 nitrogen and oxygen atoms in total. The van der Waals surface area contributed by atoms with Gasteiger partial charge in [-0.15, -0.1) is 0 Å². The van der Waals surface area contributed by atoms with Crippen molar-refractivity contribution in [1.29, 1.82) is 0 Å². The molecule has 1 N–H and O–H groups in total. The fourth-order valence-electron chi connectivity index (χ4n) is 3.99. The zero-order valence-corrected chi connectivity index (χ0v) is 14.0. The quantitative estimate of drug-likeness (QED) is 0.723. The normalized spacial score (nSPS) is 18.4. The van der Waals surface area contributed by atoms with Crippen molar-refractivity contribution in [2.45, 2.75) is 57.8 Å². The molecule has 0 amide bonds. The molecule has 1 aromatic rings. The van der Waals surface area contributed by atoms with Gasteiger partial charge in [0.05, 0.1) is 0 Å². The van der Waals surface area contributed by atoms with Gasteiger partial charge in [0.15, 0.2) is 0 Å². The van der Waals surface area contributed by atoms with Crippen molar-refractivity contribution in [1.82, 2.24) is 0 Å². The molecule has 0 bridgehead atoms. The molecule has 0 atom stereocenters. The lowest BCUT2D eigenvalue weighted by atomic mass is 9.94. The van der Waals surface area contributed by atoms with Crippen molar-refractivity contribution in [2.75, 3.05) is 6.61 Å². The van der Waals surface area contributed by atoms with E-state index < -0.39 is 5.97 Å². The second-order valence-electron chi connectivity index (χ2n) is 6.90. The monoisotopic (exact) mass is 332 g/mol. The predicted octanol–water partition coefficient (Wildman–Crippen LogP) is 4.89. The third-order valence-corrected chi connectivity index (χ3v) is 5.27. The van der Waals surface area contributed by atoms with Crippen LogP contribution in [0.2, 0.25) is 0 Å². The molecule has 1 aromatic carbocycles. The van der Waals surface area contributed by atoms with Gasteiger partial charge in [0.2, 0.25) is 0 Å². The SMILES string of the molecule is O=C(O)CCc1ccc(OCC2=C(C3CCCC3)CCC2)cc1F. The van der Waals surface area contributed by atoms with Crippen LogP contribution in [0.25, 0.3) is 0 Å². The molecule has 130 valence electrons. The summed E-state index contributed by atoms with van der Waals surface area (Å²) in [7, 11) is 0. The predicted molar refractivity (Wildman–Crippen MR) is 90.7 cm³/mol. The first kappa shape index (κ1) is 17.0. The van der Waals surface area contributed by atoms with Crippen LogP contribution in [-0.2, 0) is 11.2 Å². The Morgan fingerprint density at radius 3 is 2.71 bits per heavy atom. The molecule has 3 rings (SSSR count). The Hall–Kier alpha value is -1.84. The fourth-order valence-corrected chi connectivity index (χ4v) is 3.99. The van der Waals surface area contributed by atoms with Crippen molar-refractivity contribution in [3.63, 3.8) is 0 Å². The molecule has 0 aliphatic heterocycles. The van der Waals surface area contributed by atoms with Crippen LogP contribution < -0.4 is 4.74 Å². The van der Waals surface area contributed by atoms with E-state index >= 15 is 0 Å². The maximum atomic E-state index is 14.0. The van der Waals surface area contributed by atoms with Crippen LogP contribution in [0.5, 0.6) is 5.75 Å². The van der Waals surface area contributed by atoms with Crippen LogP contribution in [0.4, 0.5) is 4.39 Å². The van der Waals surface area contributed by atoms with Crippen LogP contribution in [0.1, 0.15) is 56.9 Å². The standard InChI is InChI=1S/C20H25FO3/c21-19-12-17(10-8-15(19)9-11-20(22)23)24-13-16-6-3-7-18(16)14-4-1-2-5-14/h8,10,12,14H,1-7,9,11,13H2,(H,22,23). The van der Waals surface area contributed by atoms with Gasteiger partial charge in [-0.2, -0.15) is 0 Å². The van der Waals surface area contributed by atoms with Gasteiger partial charge in [0.25, 0.3) is 0 Å². The van der Waals surface area contributed by atoms with Crippen LogP contribution in [0, 0.1) is 11.7 Å². The Bertz CT molecular complexity index is 630. The Kier molecular flexibility index (Phi) is 5.54. The van der Waals surface area contributed by atoms with E-state index in [4.69, 9.17) is 9.84 Å². The first-order valence-corrected chi connectivity index (χ1v) is 8.97. The summed E-state index contributed by atoms with van der Waals surface area (Å²) in [5.41, 5.74) is 3.44. The molecule has 0 aromatic heterocycles. The van der Waals surface area contributed by atoms with Gasteiger partial charge >= 0.3 is 5.97 Å². The van der Waals surface area contributed by atoms with Gasteiger partial charge in [-0.25, -0.2) is 4.39 Å². The summed E-state index contributed by atoms with van der Waals surface area (Å²) >= 11 is 0. The number of carboxylic acid groups (broad SMARTS) is 1. The summed E-state index contributed by atoms with van der Waals surface area (Å²) in [6, 6.07) is 4.75. The second kappa shape index (κ2) is 7.82. The Morgan fingerprint density at radius 1 is 1.21 bits per heavy atom. The van der Waals surface area contributed by atoms with Crippen molar-refractivity contribution in [3.8, 4) is 5.75 Å². The number of benzene rings is 1. The van der Waals surface area contributed by atoms with Gasteiger partial charge in [-0.1, -0.05) is 24.5 Å². The summed E-state index contributed by atoms with van der Waals surface area (Å²) in [6.07, 6.45) is 8.96. The zero-order valence-electron chi connectivity index (χ0n) is 14.0. The van der Waals surface area contributed by atoms with Gasteiger partial charge in [-0.05, 0) is 61.6 Å². The highest BCUT2D eigenvalue weighted by Crippen LogP contribution is 2.40. The molecule has 24 heavy (non-hydrogen) atoms. The van der Waals surface area contributed by atoms with Crippen LogP contribution in [-0.4, -0.2) is 17.7 Å².